The number of hydrogen-bond acceptors (Lipinski definition) is 5. The second kappa shape index (κ2) is 8.72. The number of nitrogens with zero attached hydrogens (tertiary/aromatic N) is 2. The maximum atomic E-state index is 13.0. The van der Waals surface area contributed by atoms with Gasteiger partial charge < -0.3 is 11.1 Å². The van der Waals surface area contributed by atoms with Gasteiger partial charge in [0.2, 0.25) is 0 Å². The second-order valence-corrected chi connectivity index (χ2v) is 8.62. The quantitative estimate of drug-likeness (QED) is 0.398. The summed E-state index contributed by atoms with van der Waals surface area (Å²) < 4.78 is 1.53. The number of benzene rings is 3. The van der Waals surface area contributed by atoms with E-state index in [9.17, 15) is 9.59 Å². The van der Waals surface area contributed by atoms with E-state index in [1.54, 1.807) is 6.07 Å². The molecule has 0 saturated heterocycles. The summed E-state index contributed by atoms with van der Waals surface area (Å²) in [6, 6.07) is 28.8. The van der Waals surface area contributed by atoms with Crippen LogP contribution in [0.4, 0.5) is 11.5 Å². The molecule has 0 fully saturated rings. The molecule has 0 spiro atoms. The fourth-order valence-corrected chi connectivity index (χ4v) is 4.63. The van der Waals surface area contributed by atoms with Crippen molar-refractivity contribution in [2.24, 2.45) is 0 Å². The van der Waals surface area contributed by atoms with Crippen LogP contribution in [0.2, 0.25) is 0 Å². The standard InChI is InChI=1S/C26H20N4O2S/c27-23-26(32)30(20-13-7-10-18(15-20)14-17-8-3-1-4-9-17)21-16-22(33-25(21)29-23)24(31)28-19-11-5-2-6-12-19/h1-13,15-16H,14H2,(H2,27,29)(H,28,31). The first-order valence-corrected chi connectivity index (χ1v) is 11.2. The highest BCUT2D eigenvalue weighted by atomic mass is 32.1. The van der Waals surface area contributed by atoms with E-state index in [1.165, 1.54) is 21.5 Å². The normalized spacial score (nSPS) is 10.9. The summed E-state index contributed by atoms with van der Waals surface area (Å²) in [5, 5.41) is 2.87. The molecular weight excluding hydrogens is 432 g/mol. The van der Waals surface area contributed by atoms with Gasteiger partial charge in [-0.3, -0.25) is 14.2 Å². The Kier molecular flexibility index (Phi) is 5.46. The Hall–Kier alpha value is -4.23. The Morgan fingerprint density at radius 2 is 1.61 bits per heavy atom. The first kappa shape index (κ1) is 20.7. The van der Waals surface area contributed by atoms with Crippen LogP contribution in [0.15, 0.2) is 95.8 Å². The zero-order valence-corrected chi connectivity index (χ0v) is 18.4. The Bertz CT molecular complexity index is 1510. The molecule has 0 unspecified atom stereocenters. The third-order valence-corrected chi connectivity index (χ3v) is 6.27. The van der Waals surface area contributed by atoms with Crippen molar-refractivity contribution in [1.82, 2.24) is 9.55 Å². The van der Waals surface area contributed by atoms with Gasteiger partial charge >= 0.3 is 0 Å². The number of carbonyl (C=O) groups excluding carboxylic acids is 1. The number of nitrogens with two attached hydrogens (primary N) is 1. The zero-order valence-electron chi connectivity index (χ0n) is 17.6. The number of carbonyl (C=O) groups is 1. The van der Waals surface area contributed by atoms with E-state index in [2.05, 4.69) is 22.4 Å². The number of anilines is 2. The first-order chi connectivity index (χ1) is 16.1. The molecule has 6 nitrogen and oxygen atoms in total. The van der Waals surface area contributed by atoms with Crippen molar-refractivity contribution in [2.45, 2.75) is 6.42 Å². The molecule has 0 aliphatic rings. The predicted octanol–water partition coefficient (Wildman–Crippen LogP) is 4.87. The number of rotatable bonds is 5. The number of aromatic nitrogens is 2. The van der Waals surface area contributed by atoms with Crippen LogP contribution in [0.3, 0.4) is 0 Å². The minimum absolute atomic E-state index is 0.104. The van der Waals surface area contributed by atoms with Crippen molar-refractivity contribution < 1.29 is 4.79 Å². The zero-order chi connectivity index (χ0) is 22.8. The molecule has 3 aromatic carbocycles. The molecule has 162 valence electrons. The average molecular weight is 453 g/mol. The molecule has 5 aromatic rings. The number of nitrogens with one attached hydrogen (secondary N) is 1. The highest BCUT2D eigenvalue weighted by molar-refractivity contribution is 7.20. The number of thiophene rings is 1. The van der Waals surface area contributed by atoms with E-state index < -0.39 is 5.56 Å². The fraction of sp³-hybridized carbons (Fsp3) is 0.0385. The van der Waals surface area contributed by atoms with Gasteiger partial charge in [-0.25, -0.2) is 4.98 Å². The van der Waals surface area contributed by atoms with Crippen molar-refractivity contribution in [2.75, 3.05) is 11.1 Å². The highest BCUT2D eigenvalue weighted by Gasteiger charge is 2.18. The van der Waals surface area contributed by atoms with Gasteiger partial charge in [0.1, 0.15) is 4.83 Å². The van der Waals surface area contributed by atoms with Gasteiger partial charge in [-0.2, -0.15) is 0 Å². The summed E-state index contributed by atoms with van der Waals surface area (Å²) >= 11 is 1.20. The van der Waals surface area contributed by atoms with Crippen LogP contribution in [-0.4, -0.2) is 15.5 Å². The third kappa shape index (κ3) is 4.26. The first-order valence-electron chi connectivity index (χ1n) is 10.4. The van der Waals surface area contributed by atoms with Crippen LogP contribution in [0, 0.1) is 0 Å². The van der Waals surface area contributed by atoms with Gasteiger partial charge in [0.05, 0.1) is 10.4 Å². The number of amides is 1. The average Bonchev–Trinajstić information content (AvgIpc) is 3.25. The van der Waals surface area contributed by atoms with E-state index in [0.29, 0.717) is 26.6 Å². The van der Waals surface area contributed by atoms with Crippen molar-refractivity contribution >= 4 is 39.1 Å². The molecule has 2 aromatic heterocycles. The molecule has 5 rings (SSSR count). The van der Waals surface area contributed by atoms with Crippen LogP contribution in [0.1, 0.15) is 20.8 Å². The number of fused-ring (bicyclic) bond motifs is 1. The van der Waals surface area contributed by atoms with Gasteiger partial charge in [-0.05, 0) is 47.9 Å². The lowest BCUT2D eigenvalue weighted by Crippen LogP contribution is -2.23. The van der Waals surface area contributed by atoms with Crippen LogP contribution < -0.4 is 16.6 Å². The summed E-state index contributed by atoms with van der Waals surface area (Å²) in [6.45, 7) is 0. The highest BCUT2D eigenvalue weighted by Crippen LogP contribution is 2.27. The lowest BCUT2D eigenvalue weighted by molar-refractivity contribution is 0.103. The van der Waals surface area contributed by atoms with Crippen LogP contribution in [0.5, 0.6) is 0 Å². The summed E-state index contributed by atoms with van der Waals surface area (Å²) in [6.07, 6.45) is 0.738. The fourth-order valence-electron chi connectivity index (χ4n) is 3.71. The topological polar surface area (TPSA) is 90.0 Å². The van der Waals surface area contributed by atoms with Crippen molar-refractivity contribution in [1.29, 1.82) is 0 Å². The Balaban J connectivity index is 1.55. The number of para-hydroxylation sites is 1. The van der Waals surface area contributed by atoms with E-state index in [0.717, 1.165) is 12.0 Å². The molecule has 33 heavy (non-hydrogen) atoms. The Morgan fingerprint density at radius 3 is 2.36 bits per heavy atom. The smallest absolute Gasteiger partial charge is 0.298 e. The number of hydrogen-bond donors (Lipinski definition) is 2. The van der Waals surface area contributed by atoms with E-state index >= 15 is 0 Å². The lowest BCUT2D eigenvalue weighted by Gasteiger charge is -2.10. The largest absolute Gasteiger partial charge is 0.379 e. The van der Waals surface area contributed by atoms with Crippen molar-refractivity contribution in [3.05, 3.63) is 117 Å². The summed E-state index contributed by atoms with van der Waals surface area (Å²) in [7, 11) is 0. The molecular formula is C26H20N4O2S. The molecule has 0 aliphatic heterocycles. The molecule has 2 heterocycles. The SMILES string of the molecule is Nc1nc2sc(C(=O)Nc3ccccc3)cc2n(-c2cccc(Cc3ccccc3)c2)c1=O. The van der Waals surface area contributed by atoms with E-state index in [1.807, 2.05) is 72.8 Å². The maximum absolute atomic E-state index is 13.0. The van der Waals surface area contributed by atoms with Gasteiger partial charge in [0.15, 0.2) is 5.82 Å². The summed E-state index contributed by atoms with van der Waals surface area (Å²) in [4.78, 5) is 31.0. The minimum Gasteiger partial charge on any atom is -0.379 e. The Labute approximate surface area is 194 Å². The van der Waals surface area contributed by atoms with Crippen molar-refractivity contribution in [3.8, 4) is 5.69 Å². The molecule has 3 N–H and O–H groups in total. The molecule has 0 saturated carbocycles. The molecule has 1 amide bonds. The van der Waals surface area contributed by atoms with Gasteiger partial charge in [-0.15, -0.1) is 11.3 Å². The number of nitrogen functional groups attached to an aromatic ring is 1. The van der Waals surface area contributed by atoms with E-state index in [-0.39, 0.29) is 11.7 Å². The molecule has 0 bridgehead atoms. The van der Waals surface area contributed by atoms with Crippen LogP contribution in [-0.2, 0) is 6.42 Å². The monoisotopic (exact) mass is 452 g/mol. The predicted molar refractivity (Wildman–Crippen MR) is 133 cm³/mol. The molecule has 0 radical (unpaired) electrons. The summed E-state index contributed by atoms with van der Waals surface area (Å²) in [5.74, 6) is -0.368. The minimum atomic E-state index is -0.410. The second-order valence-electron chi connectivity index (χ2n) is 7.59. The molecule has 7 heteroatoms. The lowest BCUT2D eigenvalue weighted by atomic mass is 10.0. The van der Waals surface area contributed by atoms with Gasteiger partial charge in [0.25, 0.3) is 11.5 Å². The van der Waals surface area contributed by atoms with Gasteiger partial charge in [0, 0.05) is 11.4 Å². The van der Waals surface area contributed by atoms with Crippen molar-refractivity contribution in [3.63, 3.8) is 0 Å². The van der Waals surface area contributed by atoms with Crippen LogP contribution in [0.25, 0.3) is 16.0 Å². The third-order valence-electron chi connectivity index (χ3n) is 5.25. The van der Waals surface area contributed by atoms with Crippen LogP contribution >= 0.6 is 11.3 Å². The van der Waals surface area contributed by atoms with Gasteiger partial charge in [-0.1, -0.05) is 60.7 Å². The summed E-state index contributed by atoms with van der Waals surface area (Å²) in [5.41, 5.74) is 9.71. The Morgan fingerprint density at radius 1 is 0.909 bits per heavy atom. The van der Waals surface area contributed by atoms with E-state index in [4.69, 9.17) is 5.73 Å². The molecule has 0 atom stereocenters. The maximum Gasteiger partial charge on any atom is 0.298 e. The molecule has 0 aliphatic carbocycles.